The zero-order valence-electron chi connectivity index (χ0n) is 12.1. The molecule has 0 saturated heterocycles. The van der Waals surface area contributed by atoms with Gasteiger partial charge in [0.05, 0.1) is 0 Å². The molecule has 0 spiro atoms. The van der Waals surface area contributed by atoms with Crippen LogP contribution >= 0.6 is 0 Å². The molecular formula is C14H29N3O. The Morgan fingerprint density at radius 3 is 2.44 bits per heavy atom. The molecule has 0 unspecified atom stereocenters. The Hall–Kier alpha value is -0.770. The number of nitrogens with one attached hydrogen (secondary N) is 1. The topological polar surface area (TPSA) is 70.6 Å². The van der Waals surface area contributed by atoms with E-state index in [1.54, 1.807) is 0 Å². The van der Waals surface area contributed by atoms with E-state index in [1.165, 1.54) is 32.1 Å². The fourth-order valence-corrected chi connectivity index (χ4v) is 2.63. The maximum atomic E-state index is 8.72. The third kappa shape index (κ3) is 4.48. The van der Waals surface area contributed by atoms with Gasteiger partial charge in [-0.1, -0.05) is 32.3 Å². The first-order chi connectivity index (χ1) is 8.49. The molecule has 0 aromatic rings. The average molecular weight is 255 g/mol. The van der Waals surface area contributed by atoms with Crippen molar-refractivity contribution in [2.24, 2.45) is 22.2 Å². The first kappa shape index (κ1) is 15.3. The predicted octanol–water partition coefficient (Wildman–Crippen LogP) is 2.71. The highest BCUT2D eigenvalue weighted by molar-refractivity contribution is 5.85. The monoisotopic (exact) mass is 255 g/mol. The number of nitrogens with two attached hydrogens (primary N) is 1. The van der Waals surface area contributed by atoms with Gasteiger partial charge in [-0.15, -0.1) is 0 Å². The van der Waals surface area contributed by atoms with Crippen LogP contribution in [-0.4, -0.2) is 23.6 Å². The number of oxime groups is 1. The summed E-state index contributed by atoms with van der Waals surface area (Å²) < 4.78 is 0. The molecule has 0 aliphatic heterocycles. The lowest BCUT2D eigenvalue weighted by Crippen LogP contribution is -2.38. The molecule has 0 atom stereocenters. The third-order valence-electron chi connectivity index (χ3n) is 4.41. The van der Waals surface area contributed by atoms with Gasteiger partial charge >= 0.3 is 0 Å². The van der Waals surface area contributed by atoms with Crippen molar-refractivity contribution in [1.29, 1.82) is 0 Å². The second-order valence-electron chi connectivity index (χ2n) is 6.20. The molecule has 1 aliphatic rings. The van der Waals surface area contributed by atoms with Crippen LogP contribution in [0.5, 0.6) is 0 Å². The van der Waals surface area contributed by atoms with Crippen LogP contribution in [0.15, 0.2) is 5.16 Å². The van der Waals surface area contributed by atoms with Crippen LogP contribution in [0.3, 0.4) is 0 Å². The molecule has 1 saturated carbocycles. The van der Waals surface area contributed by atoms with Crippen LogP contribution in [0.2, 0.25) is 0 Å². The molecule has 1 aliphatic carbocycles. The SMILES string of the molecule is CCC1CCC(NCCC(C)(C)C(N)=NO)CC1. The summed E-state index contributed by atoms with van der Waals surface area (Å²) >= 11 is 0. The van der Waals surface area contributed by atoms with E-state index in [9.17, 15) is 0 Å². The van der Waals surface area contributed by atoms with Crippen molar-refractivity contribution in [1.82, 2.24) is 5.32 Å². The van der Waals surface area contributed by atoms with Gasteiger partial charge in [-0.05, 0) is 44.6 Å². The van der Waals surface area contributed by atoms with E-state index in [4.69, 9.17) is 10.9 Å². The van der Waals surface area contributed by atoms with Crippen LogP contribution in [0, 0.1) is 11.3 Å². The van der Waals surface area contributed by atoms with Crippen molar-refractivity contribution < 1.29 is 5.21 Å². The van der Waals surface area contributed by atoms with Crippen LogP contribution in [0.1, 0.15) is 59.3 Å². The average Bonchev–Trinajstić information content (AvgIpc) is 2.38. The van der Waals surface area contributed by atoms with Crippen LogP contribution in [0.25, 0.3) is 0 Å². The molecular weight excluding hydrogens is 226 g/mol. The zero-order valence-corrected chi connectivity index (χ0v) is 12.1. The number of rotatable bonds is 6. The number of nitrogens with zero attached hydrogens (tertiary/aromatic N) is 1. The minimum absolute atomic E-state index is 0.234. The standard InChI is InChI=1S/C14H29N3O/c1-4-11-5-7-12(8-6-11)16-10-9-14(2,3)13(15)17-18/h11-12,16,18H,4-10H2,1-3H3,(H2,15,17). The molecule has 4 nitrogen and oxygen atoms in total. The van der Waals surface area contributed by atoms with Gasteiger partial charge in [-0.25, -0.2) is 0 Å². The fraction of sp³-hybridized carbons (Fsp3) is 0.929. The third-order valence-corrected chi connectivity index (χ3v) is 4.41. The highest BCUT2D eigenvalue weighted by Gasteiger charge is 2.24. The van der Waals surface area contributed by atoms with E-state index < -0.39 is 0 Å². The van der Waals surface area contributed by atoms with Gasteiger partial charge in [0.1, 0.15) is 5.84 Å². The second-order valence-corrected chi connectivity index (χ2v) is 6.20. The highest BCUT2D eigenvalue weighted by atomic mass is 16.4. The molecule has 4 N–H and O–H groups in total. The summed E-state index contributed by atoms with van der Waals surface area (Å²) in [5.41, 5.74) is 5.44. The molecule has 0 aromatic carbocycles. The van der Waals surface area contributed by atoms with Crippen LogP contribution in [-0.2, 0) is 0 Å². The maximum absolute atomic E-state index is 8.72. The lowest BCUT2D eigenvalue weighted by atomic mass is 9.84. The van der Waals surface area contributed by atoms with E-state index in [0.717, 1.165) is 18.9 Å². The summed E-state index contributed by atoms with van der Waals surface area (Å²) in [6.07, 6.45) is 7.53. The Labute approximate surface area is 111 Å². The molecule has 0 amide bonds. The van der Waals surface area contributed by atoms with E-state index in [2.05, 4.69) is 17.4 Å². The number of hydrogen-bond acceptors (Lipinski definition) is 3. The molecule has 1 rings (SSSR count). The first-order valence-corrected chi connectivity index (χ1v) is 7.21. The first-order valence-electron chi connectivity index (χ1n) is 7.21. The number of amidine groups is 1. The maximum Gasteiger partial charge on any atom is 0.144 e. The van der Waals surface area contributed by atoms with Gasteiger partial charge < -0.3 is 16.3 Å². The summed E-state index contributed by atoms with van der Waals surface area (Å²) in [6.45, 7) is 7.25. The largest absolute Gasteiger partial charge is 0.409 e. The molecule has 0 bridgehead atoms. The Kier molecular flexibility index (Phi) is 5.93. The van der Waals surface area contributed by atoms with Gasteiger partial charge in [0.2, 0.25) is 0 Å². The Balaban J connectivity index is 2.23. The molecule has 1 fully saturated rings. The van der Waals surface area contributed by atoms with Gasteiger partial charge in [0.15, 0.2) is 0 Å². The quantitative estimate of drug-likeness (QED) is 0.296. The predicted molar refractivity (Wildman–Crippen MR) is 75.8 cm³/mol. The molecule has 0 aromatic heterocycles. The van der Waals surface area contributed by atoms with E-state index in [1.807, 2.05) is 13.8 Å². The van der Waals surface area contributed by atoms with E-state index in [0.29, 0.717) is 11.9 Å². The van der Waals surface area contributed by atoms with Crippen LogP contribution < -0.4 is 11.1 Å². The molecule has 0 radical (unpaired) electrons. The van der Waals surface area contributed by atoms with Crippen molar-refractivity contribution in [3.8, 4) is 0 Å². The second kappa shape index (κ2) is 6.98. The summed E-state index contributed by atoms with van der Waals surface area (Å²) in [4.78, 5) is 0. The minimum atomic E-state index is -0.234. The zero-order chi connectivity index (χ0) is 13.6. The summed E-state index contributed by atoms with van der Waals surface area (Å²) in [5.74, 6) is 1.26. The van der Waals surface area contributed by atoms with Crippen molar-refractivity contribution in [3.63, 3.8) is 0 Å². The molecule has 0 heterocycles. The van der Waals surface area contributed by atoms with Gasteiger partial charge in [0.25, 0.3) is 0 Å². The van der Waals surface area contributed by atoms with E-state index in [-0.39, 0.29) is 5.41 Å². The van der Waals surface area contributed by atoms with Gasteiger partial charge in [-0.2, -0.15) is 0 Å². The summed E-state index contributed by atoms with van der Waals surface area (Å²) in [6, 6.07) is 0.663. The van der Waals surface area contributed by atoms with Crippen molar-refractivity contribution >= 4 is 5.84 Å². The molecule has 18 heavy (non-hydrogen) atoms. The van der Waals surface area contributed by atoms with Crippen molar-refractivity contribution in [2.45, 2.75) is 65.3 Å². The van der Waals surface area contributed by atoms with E-state index >= 15 is 0 Å². The van der Waals surface area contributed by atoms with Gasteiger partial charge in [0, 0.05) is 11.5 Å². The smallest absolute Gasteiger partial charge is 0.144 e. The van der Waals surface area contributed by atoms with Crippen molar-refractivity contribution in [2.75, 3.05) is 6.54 Å². The highest BCUT2D eigenvalue weighted by Crippen LogP contribution is 2.27. The lowest BCUT2D eigenvalue weighted by Gasteiger charge is -2.30. The Morgan fingerprint density at radius 1 is 1.33 bits per heavy atom. The van der Waals surface area contributed by atoms with Crippen molar-refractivity contribution in [3.05, 3.63) is 0 Å². The van der Waals surface area contributed by atoms with Crippen LogP contribution in [0.4, 0.5) is 0 Å². The molecule has 106 valence electrons. The summed E-state index contributed by atoms with van der Waals surface area (Å²) in [5, 5.41) is 15.4. The Morgan fingerprint density at radius 2 is 1.94 bits per heavy atom. The number of hydrogen-bond donors (Lipinski definition) is 3. The van der Waals surface area contributed by atoms with Gasteiger partial charge in [-0.3, -0.25) is 0 Å². The summed E-state index contributed by atoms with van der Waals surface area (Å²) in [7, 11) is 0. The fourth-order valence-electron chi connectivity index (χ4n) is 2.63. The lowest BCUT2D eigenvalue weighted by molar-refractivity contribution is 0.276. The molecule has 4 heteroatoms. The normalized spacial score (nSPS) is 26.3. The Bertz CT molecular complexity index is 268. The minimum Gasteiger partial charge on any atom is -0.409 e.